The quantitative estimate of drug-likeness (QED) is 0.177. The molecule has 0 saturated carbocycles. The molecule has 0 N–H and O–H groups in total. The molecule has 0 radical (unpaired) electrons. The molecule has 0 aliphatic heterocycles. The van der Waals surface area contributed by atoms with Gasteiger partial charge < -0.3 is 0 Å². The molecule has 0 aliphatic carbocycles. The average molecular weight is 594 g/mol. The van der Waals surface area contributed by atoms with Crippen LogP contribution in [-0.2, 0) is 0 Å². The minimum atomic E-state index is -8.72. The highest BCUT2D eigenvalue weighted by atomic mass is 127. The Morgan fingerprint density at radius 2 is 0.483 bits per heavy atom. The summed E-state index contributed by atoms with van der Waals surface area (Å²) in [6, 6.07) is 0. The SMILES string of the molecule is CCI.FC(F)(F)C(F)(F)C(F)(F)C(F)(F)C(F)(F)C(F)(F)C(F)(F)C(F)(F)F. The highest BCUT2D eigenvalue weighted by Gasteiger charge is 2.95. The van der Waals surface area contributed by atoms with Crippen LogP contribution in [0.2, 0.25) is 0 Å². The second-order valence-electron chi connectivity index (χ2n) is 4.71. The molecule has 0 atom stereocenters. The zero-order valence-corrected chi connectivity index (χ0v) is 15.0. The van der Waals surface area contributed by atoms with E-state index < -0.39 is 47.9 Å². The van der Waals surface area contributed by atoms with Crippen molar-refractivity contribution in [1.82, 2.24) is 0 Å². The van der Waals surface area contributed by atoms with Crippen LogP contribution in [-0.4, -0.2) is 52.3 Å². The summed E-state index contributed by atoms with van der Waals surface area (Å²) in [4.78, 5) is 0. The van der Waals surface area contributed by atoms with E-state index in [2.05, 4.69) is 29.5 Å². The van der Waals surface area contributed by atoms with Crippen molar-refractivity contribution in [3.05, 3.63) is 0 Å². The van der Waals surface area contributed by atoms with Crippen molar-refractivity contribution in [3.8, 4) is 0 Å². The molecule has 0 aromatic carbocycles. The van der Waals surface area contributed by atoms with Crippen LogP contribution in [0.4, 0.5) is 79.0 Å². The zero-order valence-electron chi connectivity index (χ0n) is 12.9. The maximum atomic E-state index is 12.8. The van der Waals surface area contributed by atoms with Crippen LogP contribution in [0.15, 0.2) is 0 Å². The molecule has 29 heavy (non-hydrogen) atoms. The van der Waals surface area contributed by atoms with Crippen LogP contribution in [0.3, 0.4) is 0 Å². The largest absolute Gasteiger partial charge is 0.460 e. The molecule has 0 fully saturated rings. The van der Waals surface area contributed by atoms with Gasteiger partial charge in [0, 0.05) is 0 Å². The van der Waals surface area contributed by atoms with Gasteiger partial charge in [-0.15, -0.1) is 0 Å². The highest BCUT2D eigenvalue weighted by Crippen LogP contribution is 2.63. The van der Waals surface area contributed by atoms with Gasteiger partial charge in [-0.1, -0.05) is 29.5 Å². The van der Waals surface area contributed by atoms with Gasteiger partial charge in [-0.05, 0) is 4.43 Å². The predicted octanol–water partition coefficient (Wildman–Crippen LogP) is 7.36. The molecule has 0 aromatic rings. The van der Waals surface area contributed by atoms with E-state index in [1.807, 2.05) is 0 Å². The standard InChI is InChI=1S/C8F18.C2H5I/c9-1(10,3(13,14)5(17,18)7(21,22)23)2(11,12)4(15,16)6(19,20)8(24,25)26;1-2-3/h;2H2,1H3. The Morgan fingerprint density at radius 1 is 0.379 bits per heavy atom. The van der Waals surface area contributed by atoms with E-state index in [-0.39, 0.29) is 0 Å². The van der Waals surface area contributed by atoms with Crippen molar-refractivity contribution < 1.29 is 79.0 Å². The highest BCUT2D eigenvalue weighted by molar-refractivity contribution is 14.1. The fraction of sp³-hybridized carbons (Fsp3) is 1.00. The monoisotopic (exact) mass is 594 g/mol. The molecule has 0 spiro atoms. The molecule has 0 bridgehead atoms. The first kappa shape index (κ1) is 30.7. The van der Waals surface area contributed by atoms with Crippen LogP contribution >= 0.6 is 22.6 Å². The third-order valence-corrected chi connectivity index (χ3v) is 2.68. The van der Waals surface area contributed by atoms with Gasteiger partial charge in [0.05, 0.1) is 0 Å². The van der Waals surface area contributed by atoms with E-state index in [0.29, 0.717) is 0 Å². The lowest BCUT2D eigenvalue weighted by atomic mass is 9.91. The normalized spacial score (nSPS) is 15.7. The summed E-state index contributed by atoms with van der Waals surface area (Å²) >= 11 is 2.29. The molecule has 19 heteroatoms. The lowest BCUT2D eigenvalue weighted by Gasteiger charge is -2.41. The third-order valence-electron chi connectivity index (χ3n) is 2.68. The van der Waals surface area contributed by atoms with E-state index in [0.717, 1.165) is 0 Å². The lowest BCUT2D eigenvalue weighted by Crippen LogP contribution is -2.74. The minimum absolute atomic E-state index is 1.22. The van der Waals surface area contributed by atoms with E-state index in [1.165, 1.54) is 4.43 Å². The van der Waals surface area contributed by atoms with Crippen LogP contribution in [0.5, 0.6) is 0 Å². The number of halogens is 19. The van der Waals surface area contributed by atoms with Gasteiger partial charge in [0.15, 0.2) is 0 Å². The van der Waals surface area contributed by atoms with Crippen molar-refractivity contribution in [2.24, 2.45) is 0 Å². The van der Waals surface area contributed by atoms with Crippen LogP contribution in [0.25, 0.3) is 0 Å². The fourth-order valence-corrected chi connectivity index (χ4v) is 1.14. The van der Waals surface area contributed by atoms with Gasteiger partial charge in [-0.3, -0.25) is 0 Å². The first-order valence-electron chi connectivity index (χ1n) is 6.13. The van der Waals surface area contributed by atoms with E-state index in [1.54, 1.807) is 0 Å². The molecule has 0 rings (SSSR count). The molecule has 0 heterocycles. The minimum Gasteiger partial charge on any atom is -0.192 e. The van der Waals surface area contributed by atoms with Gasteiger partial charge in [0.25, 0.3) is 0 Å². The fourth-order valence-electron chi connectivity index (χ4n) is 1.14. The maximum Gasteiger partial charge on any atom is 0.460 e. The Morgan fingerprint density at radius 3 is 0.586 bits per heavy atom. The van der Waals surface area contributed by atoms with Crippen molar-refractivity contribution in [2.45, 2.75) is 54.8 Å². The van der Waals surface area contributed by atoms with Crippen molar-refractivity contribution in [2.75, 3.05) is 4.43 Å². The Kier molecular flexibility index (Phi) is 8.66. The number of hydrogen-bond acceptors (Lipinski definition) is 0. The van der Waals surface area contributed by atoms with E-state index >= 15 is 0 Å². The van der Waals surface area contributed by atoms with Gasteiger partial charge in [0.2, 0.25) is 0 Å². The average Bonchev–Trinajstić information content (AvgIpc) is 2.44. The van der Waals surface area contributed by atoms with Crippen molar-refractivity contribution in [3.63, 3.8) is 0 Å². The number of alkyl halides is 19. The van der Waals surface area contributed by atoms with Gasteiger partial charge >= 0.3 is 47.9 Å². The second-order valence-corrected chi connectivity index (χ2v) is 6.23. The molecule has 0 unspecified atom stereocenters. The van der Waals surface area contributed by atoms with Gasteiger partial charge in [-0.2, -0.15) is 79.0 Å². The summed E-state index contributed by atoms with van der Waals surface area (Å²) in [6.45, 7) is 2.11. The topological polar surface area (TPSA) is 0 Å². The van der Waals surface area contributed by atoms with Crippen molar-refractivity contribution >= 4 is 22.6 Å². The number of hydrogen-bond donors (Lipinski definition) is 0. The Labute approximate surface area is 161 Å². The summed E-state index contributed by atoms with van der Waals surface area (Å²) < 4.78 is 222. The molecular formula is C10H5F18I. The Bertz CT molecular complexity index is 492. The van der Waals surface area contributed by atoms with E-state index in [4.69, 9.17) is 0 Å². The molecule has 178 valence electrons. The van der Waals surface area contributed by atoms with Crippen LogP contribution < -0.4 is 0 Å². The van der Waals surface area contributed by atoms with Crippen LogP contribution in [0, 0.1) is 0 Å². The second kappa shape index (κ2) is 8.19. The zero-order chi connectivity index (χ0) is 24.7. The lowest BCUT2D eigenvalue weighted by molar-refractivity contribution is -0.468. The summed E-state index contributed by atoms with van der Waals surface area (Å²) in [7, 11) is 0. The van der Waals surface area contributed by atoms with Gasteiger partial charge in [0.1, 0.15) is 0 Å². The first-order chi connectivity index (χ1) is 12.2. The smallest absolute Gasteiger partial charge is 0.192 e. The Balaban J connectivity index is 0. The predicted molar refractivity (Wildman–Crippen MR) is 66.4 cm³/mol. The molecular weight excluding hydrogens is 589 g/mol. The summed E-state index contributed by atoms with van der Waals surface area (Å²) in [5.41, 5.74) is 0. The summed E-state index contributed by atoms with van der Waals surface area (Å²) in [6.07, 6.45) is -15.6. The number of rotatable bonds is 5. The van der Waals surface area contributed by atoms with E-state index in [9.17, 15) is 79.0 Å². The van der Waals surface area contributed by atoms with Crippen molar-refractivity contribution in [1.29, 1.82) is 0 Å². The first-order valence-corrected chi connectivity index (χ1v) is 7.65. The Hall–Kier alpha value is -0.530. The summed E-state index contributed by atoms with van der Waals surface area (Å²) in [5.74, 6) is -51.0. The molecule has 0 saturated heterocycles. The molecule has 0 aliphatic rings. The summed E-state index contributed by atoms with van der Waals surface area (Å²) in [5, 5.41) is 0. The van der Waals surface area contributed by atoms with Gasteiger partial charge in [-0.25, -0.2) is 0 Å². The molecule has 0 amide bonds. The van der Waals surface area contributed by atoms with Crippen LogP contribution in [0.1, 0.15) is 6.92 Å². The molecule has 0 aromatic heterocycles. The molecule has 0 nitrogen and oxygen atoms in total. The third kappa shape index (κ3) is 4.57. The maximum absolute atomic E-state index is 12.8.